The first-order valence-corrected chi connectivity index (χ1v) is 4.05. The Morgan fingerprint density at radius 3 is 2.18 bits per heavy atom. The average molecular weight is 161 g/mol. The first-order valence-electron chi connectivity index (χ1n) is 4.05. The van der Waals surface area contributed by atoms with Crippen LogP contribution in [0.15, 0.2) is 0 Å². The summed E-state index contributed by atoms with van der Waals surface area (Å²) in [6.45, 7) is 7.83. The van der Waals surface area contributed by atoms with Crippen LogP contribution in [0.2, 0.25) is 0 Å². The van der Waals surface area contributed by atoms with E-state index >= 15 is 0 Å². The summed E-state index contributed by atoms with van der Waals surface area (Å²) in [6, 6.07) is 0. The van der Waals surface area contributed by atoms with Crippen LogP contribution in [0, 0.1) is 0 Å². The van der Waals surface area contributed by atoms with Gasteiger partial charge in [-0.05, 0) is 20.4 Å². The predicted octanol–water partition coefficient (Wildman–Crippen LogP) is 0.0715. The Kier molecular flexibility index (Phi) is 4.65. The van der Waals surface area contributed by atoms with Crippen LogP contribution in [0.4, 0.5) is 0 Å². The van der Waals surface area contributed by atoms with Crippen molar-refractivity contribution in [2.24, 2.45) is 0 Å². The molecular formula is C8H19NO2. The fourth-order valence-corrected chi connectivity index (χ4v) is 1.04. The molecule has 0 amide bonds. The zero-order valence-corrected chi connectivity index (χ0v) is 7.67. The van der Waals surface area contributed by atoms with Gasteiger partial charge in [0.15, 0.2) is 0 Å². The SMILES string of the molecule is CCN(CCO)CC(C)(C)O. The third kappa shape index (κ3) is 6.28. The highest BCUT2D eigenvalue weighted by molar-refractivity contribution is 4.70. The minimum atomic E-state index is -0.662. The van der Waals surface area contributed by atoms with Gasteiger partial charge in [0.05, 0.1) is 12.2 Å². The van der Waals surface area contributed by atoms with Gasteiger partial charge in [0.25, 0.3) is 0 Å². The molecule has 0 spiro atoms. The van der Waals surface area contributed by atoms with E-state index in [0.717, 1.165) is 6.54 Å². The van der Waals surface area contributed by atoms with Crippen molar-refractivity contribution in [2.45, 2.75) is 26.4 Å². The number of nitrogens with zero attached hydrogens (tertiary/aromatic N) is 1. The first kappa shape index (κ1) is 10.9. The summed E-state index contributed by atoms with van der Waals surface area (Å²) in [4.78, 5) is 2.01. The van der Waals surface area contributed by atoms with Gasteiger partial charge in [-0.25, -0.2) is 0 Å². The topological polar surface area (TPSA) is 43.7 Å². The van der Waals surface area contributed by atoms with E-state index in [1.165, 1.54) is 0 Å². The monoisotopic (exact) mass is 161 g/mol. The fraction of sp³-hybridized carbons (Fsp3) is 1.00. The molecule has 0 bridgehead atoms. The maximum atomic E-state index is 9.42. The van der Waals surface area contributed by atoms with Crippen LogP contribution < -0.4 is 0 Å². The fourth-order valence-electron chi connectivity index (χ4n) is 1.04. The first-order chi connectivity index (χ1) is 4.99. The van der Waals surface area contributed by atoms with E-state index < -0.39 is 5.60 Å². The van der Waals surface area contributed by atoms with Gasteiger partial charge in [-0.2, -0.15) is 0 Å². The molecule has 2 N–H and O–H groups in total. The van der Waals surface area contributed by atoms with Crippen molar-refractivity contribution in [1.29, 1.82) is 0 Å². The summed E-state index contributed by atoms with van der Waals surface area (Å²) in [5, 5.41) is 18.1. The van der Waals surface area contributed by atoms with E-state index in [0.29, 0.717) is 13.1 Å². The molecule has 0 atom stereocenters. The Hall–Kier alpha value is -0.120. The van der Waals surface area contributed by atoms with Crippen molar-refractivity contribution in [2.75, 3.05) is 26.2 Å². The van der Waals surface area contributed by atoms with Gasteiger partial charge in [-0.15, -0.1) is 0 Å². The lowest BCUT2D eigenvalue weighted by Crippen LogP contribution is -2.39. The van der Waals surface area contributed by atoms with Gasteiger partial charge >= 0.3 is 0 Å². The largest absolute Gasteiger partial charge is 0.395 e. The second kappa shape index (κ2) is 4.70. The molecule has 0 radical (unpaired) electrons. The predicted molar refractivity (Wildman–Crippen MR) is 45.5 cm³/mol. The molecule has 3 heteroatoms. The van der Waals surface area contributed by atoms with Gasteiger partial charge < -0.3 is 10.2 Å². The summed E-state index contributed by atoms with van der Waals surface area (Å²) in [5.41, 5.74) is -0.662. The van der Waals surface area contributed by atoms with E-state index in [1.807, 2.05) is 11.8 Å². The molecule has 0 aromatic rings. The van der Waals surface area contributed by atoms with Gasteiger partial charge in [0, 0.05) is 13.1 Å². The van der Waals surface area contributed by atoms with Crippen LogP contribution in [-0.4, -0.2) is 47.0 Å². The van der Waals surface area contributed by atoms with Gasteiger partial charge in [-0.1, -0.05) is 6.92 Å². The van der Waals surface area contributed by atoms with Crippen molar-refractivity contribution in [1.82, 2.24) is 4.90 Å². The summed E-state index contributed by atoms with van der Waals surface area (Å²) < 4.78 is 0. The number of aliphatic hydroxyl groups excluding tert-OH is 1. The summed E-state index contributed by atoms with van der Waals surface area (Å²) in [7, 11) is 0. The molecule has 11 heavy (non-hydrogen) atoms. The van der Waals surface area contributed by atoms with Crippen LogP contribution >= 0.6 is 0 Å². The lowest BCUT2D eigenvalue weighted by atomic mass is 10.1. The molecule has 0 unspecified atom stereocenters. The molecule has 0 aliphatic rings. The van der Waals surface area contributed by atoms with Gasteiger partial charge in [0.2, 0.25) is 0 Å². The summed E-state index contributed by atoms with van der Waals surface area (Å²) >= 11 is 0. The van der Waals surface area contributed by atoms with Crippen molar-refractivity contribution in [3.63, 3.8) is 0 Å². The Balaban J connectivity index is 3.68. The lowest BCUT2D eigenvalue weighted by molar-refractivity contribution is 0.0328. The second-order valence-corrected chi connectivity index (χ2v) is 3.40. The molecule has 0 aromatic carbocycles. The number of aliphatic hydroxyl groups is 2. The van der Waals surface area contributed by atoms with Gasteiger partial charge in [0.1, 0.15) is 0 Å². The number of hydrogen-bond acceptors (Lipinski definition) is 3. The molecule has 0 aromatic heterocycles. The van der Waals surface area contributed by atoms with Crippen LogP contribution in [0.1, 0.15) is 20.8 Å². The summed E-state index contributed by atoms with van der Waals surface area (Å²) in [6.07, 6.45) is 0. The Bertz CT molecular complexity index is 98.8. The van der Waals surface area contributed by atoms with Crippen molar-refractivity contribution < 1.29 is 10.2 Å². The molecule has 0 saturated heterocycles. The van der Waals surface area contributed by atoms with E-state index in [9.17, 15) is 5.11 Å². The molecule has 0 fully saturated rings. The maximum absolute atomic E-state index is 9.42. The molecule has 0 heterocycles. The molecule has 0 aliphatic heterocycles. The molecule has 68 valence electrons. The number of hydrogen-bond donors (Lipinski definition) is 2. The van der Waals surface area contributed by atoms with Crippen molar-refractivity contribution >= 4 is 0 Å². The minimum Gasteiger partial charge on any atom is -0.395 e. The van der Waals surface area contributed by atoms with E-state index in [2.05, 4.69) is 0 Å². The third-order valence-electron chi connectivity index (χ3n) is 1.47. The zero-order chi connectivity index (χ0) is 8.91. The minimum absolute atomic E-state index is 0.157. The number of rotatable bonds is 5. The highest BCUT2D eigenvalue weighted by Gasteiger charge is 2.16. The Morgan fingerprint density at radius 1 is 1.36 bits per heavy atom. The quantitative estimate of drug-likeness (QED) is 0.600. The molecular weight excluding hydrogens is 142 g/mol. The Labute approximate surface area is 68.6 Å². The van der Waals surface area contributed by atoms with Crippen LogP contribution in [0.3, 0.4) is 0 Å². The summed E-state index contributed by atoms with van der Waals surface area (Å²) in [5.74, 6) is 0. The van der Waals surface area contributed by atoms with Crippen LogP contribution in [0.25, 0.3) is 0 Å². The smallest absolute Gasteiger partial charge is 0.0718 e. The molecule has 0 saturated carbocycles. The third-order valence-corrected chi connectivity index (χ3v) is 1.47. The number of likely N-dealkylation sites (N-methyl/N-ethyl adjacent to an activating group) is 1. The Morgan fingerprint density at radius 2 is 1.91 bits per heavy atom. The van der Waals surface area contributed by atoms with Gasteiger partial charge in [-0.3, -0.25) is 4.90 Å². The maximum Gasteiger partial charge on any atom is 0.0718 e. The zero-order valence-electron chi connectivity index (χ0n) is 7.67. The lowest BCUT2D eigenvalue weighted by Gasteiger charge is -2.27. The highest BCUT2D eigenvalue weighted by Crippen LogP contribution is 2.03. The van der Waals surface area contributed by atoms with E-state index in [4.69, 9.17) is 5.11 Å². The molecule has 3 nitrogen and oxygen atoms in total. The van der Waals surface area contributed by atoms with Crippen LogP contribution in [0.5, 0.6) is 0 Å². The van der Waals surface area contributed by atoms with Crippen molar-refractivity contribution in [3.8, 4) is 0 Å². The average Bonchev–Trinajstić information content (AvgIpc) is 1.84. The molecule has 0 rings (SSSR count). The second-order valence-electron chi connectivity index (χ2n) is 3.40. The standard InChI is InChI=1S/C8H19NO2/c1-4-9(5-6-10)7-8(2,3)11/h10-11H,4-7H2,1-3H3. The van der Waals surface area contributed by atoms with E-state index in [1.54, 1.807) is 13.8 Å². The van der Waals surface area contributed by atoms with E-state index in [-0.39, 0.29) is 6.61 Å². The van der Waals surface area contributed by atoms with Crippen LogP contribution in [-0.2, 0) is 0 Å². The highest BCUT2D eigenvalue weighted by atomic mass is 16.3. The normalized spacial score (nSPS) is 12.5. The van der Waals surface area contributed by atoms with Crippen molar-refractivity contribution in [3.05, 3.63) is 0 Å². The molecule has 0 aliphatic carbocycles.